The van der Waals surface area contributed by atoms with Crippen molar-refractivity contribution >= 4 is 57.0 Å². The van der Waals surface area contributed by atoms with Crippen molar-refractivity contribution in [1.29, 1.82) is 0 Å². The third-order valence-corrected chi connectivity index (χ3v) is 4.86. The van der Waals surface area contributed by atoms with Crippen LogP contribution in [0.4, 0.5) is 10.6 Å². The molecule has 0 aromatic carbocycles. The predicted molar refractivity (Wildman–Crippen MR) is 101 cm³/mol. The van der Waals surface area contributed by atoms with Crippen LogP contribution in [0, 0.1) is 3.70 Å². The molecule has 1 amide bonds. The lowest BCUT2D eigenvalue weighted by molar-refractivity contribution is 0.0288. The smallest absolute Gasteiger partial charge is 0.410 e. The summed E-state index contributed by atoms with van der Waals surface area (Å²) in [6, 6.07) is 0.0304. The number of nitrogens with zero attached hydrogens (tertiary/aromatic N) is 4. The second-order valence-corrected chi connectivity index (χ2v) is 8.25. The molecule has 3 rings (SSSR count). The van der Waals surface area contributed by atoms with E-state index in [0.29, 0.717) is 23.9 Å². The maximum atomic E-state index is 12.2. The van der Waals surface area contributed by atoms with Gasteiger partial charge < -0.3 is 15.4 Å². The van der Waals surface area contributed by atoms with E-state index in [1.807, 2.05) is 25.5 Å². The Balaban J connectivity index is 1.88. The molecule has 0 saturated carbocycles. The van der Waals surface area contributed by atoms with Crippen molar-refractivity contribution < 1.29 is 9.53 Å². The quantitative estimate of drug-likeness (QED) is 0.655. The van der Waals surface area contributed by atoms with Gasteiger partial charge >= 0.3 is 6.09 Å². The molecule has 130 valence electrons. The number of anilines is 1. The van der Waals surface area contributed by atoms with Gasteiger partial charge in [0.2, 0.25) is 0 Å². The van der Waals surface area contributed by atoms with Gasteiger partial charge in [-0.1, -0.05) is 11.6 Å². The van der Waals surface area contributed by atoms with Crippen LogP contribution in [0.5, 0.6) is 0 Å². The number of hydrogen-bond donors (Lipinski definition) is 1. The minimum Gasteiger partial charge on any atom is -0.444 e. The van der Waals surface area contributed by atoms with Crippen molar-refractivity contribution in [3.8, 4) is 0 Å². The summed E-state index contributed by atoms with van der Waals surface area (Å²) in [6.45, 7) is 6.72. The minimum absolute atomic E-state index is 0.0304. The standard InChI is InChI=1S/C15H19ClIN5O2/c1-15(2,3)24-14(23)21-5-4-8(7-21)22-11-9(16)6-19-13(18)10(11)12(17)20-22/h6,8H,4-5,7H2,1-3H3,(H2,18,19)/t8-/m0/s1. The van der Waals surface area contributed by atoms with E-state index in [2.05, 4.69) is 32.7 Å². The molecular weight excluding hydrogens is 445 g/mol. The average molecular weight is 464 g/mol. The van der Waals surface area contributed by atoms with Crippen LogP contribution in [-0.2, 0) is 4.74 Å². The molecule has 2 aromatic heterocycles. The van der Waals surface area contributed by atoms with Gasteiger partial charge in [-0.05, 0) is 49.8 Å². The van der Waals surface area contributed by atoms with Gasteiger partial charge in [0.15, 0.2) is 0 Å². The summed E-state index contributed by atoms with van der Waals surface area (Å²) in [5.41, 5.74) is 6.23. The number of nitrogens with two attached hydrogens (primary N) is 1. The van der Waals surface area contributed by atoms with Gasteiger partial charge in [-0.15, -0.1) is 0 Å². The third-order valence-electron chi connectivity index (χ3n) is 3.83. The van der Waals surface area contributed by atoms with E-state index >= 15 is 0 Å². The molecule has 0 radical (unpaired) electrons. The van der Waals surface area contributed by atoms with E-state index in [1.165, 1.54) is 6.20 Å². The first-order chi connectivity index (χ1) is 11.2. The number of carbonyl (C=O) groups is 1. The number of pyridine rings is 1. The highest BCUT2D eigenvalue weighted by atomic mass is 127. The molecule has 24 heavy (non-hydrogen) atoms. The Hall–Kier alpha value is -1.29. The highest BCUT2D eigenvalue weighted by Gasteiger charge is 2.32. The zero-order valence-electron chi connectivity index (χ0n) is 13.7. The molecule has 2 N–H and O–H groups in total. The Bertz CT molecular complexity index is 801. The van der Waals surface area contributed by atoms with Crippen LogP contribution in [0.1, 0.15) is 33.2 Å². The lowest BCUT2D eigenvalue weighted by atomic mass is 10.2. The molecule has 0 unspecified atom stereocenters. The highest BCUT2D eigenvalue weighted by molar-refractivity contribution is 14.1. The number of carbonyl (C=O) groups excluding carboxylic acids is 1. The van der Waals surface area contributed by atoms with Gasteiger partial charge in [0.05, 0.1) is 28.2 Å². The summed E-state index contributed by atoms with van der Waals surface area (Å²) in [7, 11) is 0. The molecule has 2 aromatic rings. The van der Waals surface area contributed by atoms with E-state index < -0.39 is 5.60 Å². The average Bonchev–Trinajstić information content (AvgIpc) is 3.06. The molecule has 1 aliphatic heterocycles. The Kier molecular flexibility index (Phi) is 4.54. The van der Waals surface area contributed by atoms with Gasteiger partial charge in [-0.25, -0.2) is 9.78 Å². The predicted octanol–water partition coefficient (Wildman–Crippen LogP) is 3.45. The fourth-order valence-corrected chi connectivity index (χ4v) is 3.81. The van der Waals surface area contributed by atoms with E-state index in [9.17, 15) is 4.79 Å². The molecule has 0 bridgehead atoms. The summed E-state index contributed by atoms with van der Waals surface area (Å²) >= 11 is 8.45. The van der Waals surface area contributed by atoms with Crippen molar-refractivity contribution in [3.05, 3.63) is 14.9 Å². The van der Waals surface area contributed by atoms with Crippen LogP contribution in [-0.4, -0.2) is 44.4 Å². The van der Waals surface area contributed by atoms with Crippen molar-refractivity contribution in [2.24, 2.45) is 0 Å². The van der Waals surface area contributed by atoms with Crippen molar-refractivity contribution in [1.82, 2.24) is 19.7 Å². The Labute approximate surface area is 158 Å². The number of nitrogen functional groups attached to an aromatic ring is 1. The highest BCUT2D eigenvalue weighted by Crippen LogP contribution is 2.34. The number of ether oxygens (including phenoxy) is 1. The number of fused-ring (bicyclic) bond motifs is 1. The molecular formula is C15H19ClIN5O2. The molecule has 7 nitrogen and oxygen atoms in total. The van der Waals surface area contributed by atoms with E-state index in [-0.39, 0.29) is 12.1 Å². The maximum Gasteiger partial charge on any atom is 0.410 e. The van der Waals surface area contributed by atoms with Gasteiger partial charge in [-0.2, -0.15) is 5.10 Å². The minimum atomic E-state index is -0.508. The van der Waals surface area contributed by atoms with Crippen LogP contribution in [0.2, 0.25) is 5.02 Å². The second-order valence-electron chi connectivity index (χ2n) is 6.82. The fourth-order valence-electron chi connectivity index (χ4n) is 2.81. The molecule has 1 aliphatic rings. The topological polar surface area (TPSA) is 86.3 Å². The number of aromatic nitrogens is 3. The first kappa shape index (κ1) is 17.5. The summed E-state index contributed by atoms with van der Waals surface area (Å²) in [6.07, 6.45) is 2.02. The van der Waals surface area contributed by atoms with Crippen molar-refractivity contribution in [3.63, 3.8) is 0 Å². The molecule has 1 saturated heterocycles. The zero-order valence-corrected chi connectivity index (χ0v) is 16.6. The largest absolute Gasteiger partial charge is 0.444 e. The molecule has 9 heteroatoms. The van der Waals surface area contributed by atoms with Crippen molar-refractivity contribution in [2.75, 3.05) is 18.8 Å². The van der Waals surface area contributed by atoms with Gasteiger partial charge in [0.25, 0.3) is 0 Å². The Morgan fingerprint density at radius 2 is 2.21 bits per heavy atom. The molecule has 3 heterocycles. The van der Waals surface area contributed by atoms with Crippen LogP contribution < -0.4 is 5.73 Å². The molecule has 1 fully saturated rings. The van der Waals surface area contributed by atoms with Crippen LogP contribution in [0.3, 0.4) is 0 Å². The molecule has 1 atom stereocenters. The first-order valence-corrected chi connectivity index (χ1v) is 9.08. The van der Waals surface area contributed by atoms with Crippen LogP contribution >= 0.6 is 34.2 Å². The van der Waals surface area contributed by atoms with E-state index in [0.717, 1.165) is 21.0 Å². The number of hydrogen-bond acceptors (Lipinski definition) is 5. The summed E-state index contributed by atoms with van der Waals surface area (Å²) in [5, 5.41) is 5.85. The van der Waals surface area contributed by atoms with Gasteiger partial charge in [0, 0.05) is 13.1 Å². The number of halogens is 2. The monoisotopic (exact) mass is 463 g/mol. The summed E-state index contributed by atoms with van der Waals surface area (Å²) in [4.78, 5) is 18.0. The lowest BCUT2D eigenvalue weighted by Gasteiger charge is -2.24. The maximum absolute atomic E-state index is 12.2. The summed E-state index contributed by atoms with van der Waals surface area (Å²) < 4.78 is 8.06. The van der Waals surface area contributed by atoms with Crippen molar-refractivity contribution in [2.45, 2.75) is 38.8 Å². The Morgan fingerprint density at radius 3 is 2.88 bits per heavy atom. The number of rotatable bonds is 1. The van der Waals surface area contributed by atoms with Crippen LogP contribution in [0.25, 0.3) is 10.9 Å². The van der Waals surface area contributed by atoms with E-state index in [1.54, 1.807) is 4.90 Å². The number of amides is 1. The molecule has 0 aliphatic carbocycles. The normalized spacial score (nSPS) is 18.4. The van der Waals surface area contributed by atoms with E-state index in [4.69, 9.17) is 22.1 Å². The fraction of sp³-hybridized carbons (Fsp3) is 0.533. The van der Waals surface area contributed by atoms with Gasteiger partial charge in [0.1, 0.15) is 15.1 Å². The number of likely N-dealkylation sites (tertiary alicyclic amines) is 1. The van der Waals surface area contributed by atoms with Crippen LogP contribution in [0.15, 0.2) is 6.20 Å². The third kappa shape index (κ3) is 3.26. The zero-order chi connectivity index (χ0) is 17.6. The lowest BCUT2D eigenvalue weighted by Crippen LogP contribution is -2.35. The first-order valence-electron chi connectivity index (χ1n) is 7.63. The Morgan fingerprint density at radius 1 is 1.50 bits per heavy atom. The second kappa shape index (κ2) is 6.21. The molecule has 0 spiro atoms. The SMILES string of the molecule is CC(C)(C)OC(=O)N1CC[C@H](n2nc(I)c3c(N)ncc(Cl)c32)C1. The summed E-state index contributed by atoms with van der Waals surface area (Å²) in [5.74, 6) is 0.409. The van der Waals surface area contributed by atoms with Gasteiger partial charge in [-0.3, -0.25) is 4.68 Å².